The molecule has 1 fully saturated rings. The molecule has 3 rings (SSSR count). The van der Waals surface area contributed by atoms with Crippen LogP contribution in [0.4, 0.5) is 0 Å². The maximum absolute atomic E-state index is 4.28. The number of nitrogens with one attached hydrogen (secondary N) is 1. The first-order valence-electron chi connectivity index (χ1n) is 5.75. The average Bonchev–Trinajstić information content (AvgIpc) is 3.00. The maximum atomic E-state index is 4.28. The van der Waals surface area contributed by atoms with Gasteiger partial charge in [-0.2, -0.15) is 5.10 Å². The fraction of sp³-hybridized carbons (Fsp3) is 0.308. The Morgan fingerprint density at radius 3 is 2.88 bits per heavy atom. The van der Waals surface area contributed by atoms with E-state index in [0.29, 0.717) is 0 Å². The predicted octanol–water partition coefficient (Wildman–Crippen LogP) is 2.12. The van der Waals surface area contributed by atoms with Crippen molar-refractivity contribution < 1.29 is 0 Å². The highest BCUT2D eigenvalue weighted by Gasteiger charge is 2.20. The molecule has 1 heterocycles. The van der Waals surface area contributed by atoms with E-state index in [9.17, 15) is 0 Å². The number of rotatable bonds is 4. The van der Waals surface area contributed by atoms with Crippen molar-refractivity contribution in [3.05, 3.63) is 48.3 Å². The minimum absolute atomic E-state index is 0.741. The molecule has 2 aromatic rings. The molecule has 0 spiro atoms. The van der Waals surface area contributed by atoms with Crippen molar-refractivity contribution in [2.45, 2.75) is 25.4 Å². The van der Waals surface area contributed by atoms with Crippen LogP contribution in [0.25, 0.3) is 5.69 Å². The van der Waals surface area contributed by atoms with E-state index in [4.69, 9.17) is 0 Å². The van der Waals surface area contributed by atoms with E-state index in [1.807, 2.05) is 23.1 Å². The van der Waals surface area contributed by atoms with Crippen molar-refractivity contribution in [2.75, 3.05) is 0 Å². The second-order valence-electron chi connectivity index (χ2n) is 4.23. The second-order valence-corrected chi connectivity index (χ2v) is 4.23. The zero-order chi connectivity index (χ0) is 10.8. The highest BCUT2D eigenvalue weighted by atomic mass is 15.3. The van der Waals surface area contributed by atoms with Gasteiger partial charge in [0.1, 0.15) is 0 Å². The Morgan fingerprint density at radius 1 is 1.25 bits per heavy atom. The summed E-state index contributed by atoms with van der Waals surface area (Å²) in [6.45, 7) is 0.931. The number of aromatic nitrogens is 2. The lowest BCUT2D eigenvalue weighted by Gasteiger charge is -2.09. The molecule has 16 heavy (non-hydrogen) atoms. The van der Waals surface area contributed by atoms with Crippen molar-refractivity contribution in [3.8, 4) is 5.69 Å². The molecule has 1 aromatic heterocycles. The summed E-state index contributed by atoms with van der Waals surface area (Å²) in [7, 11) is 0. The van der Waals surface area contributed by atoms with E-state index < -0.39 is 0 Å². The monoisotopic (exact) mass is 213 g/mol. The van der Waals surface area contributed by atoms with Crippen LogP contribution in [0.2, 0.25) is 0 Å². The summed E-state index contributed by atoms with van der Waals surface area (Å²) in [6.07, 6.45) is 6.44. The van der Waals surface area contributed by atoms with E-state index >= 15 is 0 Å². The van der Waals surface area contributed by atoms with E-state index in [-0.39, 0.29) is 0 Å². The van der Waals surface area contributed by atoms with E-state index in [0.717, 1.165) is 12.6 Å². The minimum atomic E-state index is 0.741. The normalized spacial score (nSPS) is 15.2. The zero-order valence-corrected chi connectivity index (χ0v) is 9.13. The van der Waals surface area contributed by atoms with Crippen LogP contribution in [0.15, 0.2) is 42.7 Å². The number of benzene rings is 1. The van der Waals surface area contributed by atoms with Crippen LogP contribution in [0.1, 0.15) is 18.4 Å². The molecule has 0 bridgehead atoms. The lowest BCUT2D eigenvalue weighted by atomic mass is 10.2. The summed E-state index contributed by atoms with van der Waals surface area (Å²) in [5.74, 6) is 0. The summed E-state index contributed by atoms with van der Waals surface area (Å²) in [6, 6.07) is 11.1. The number of hydrogen-bond acceptors (Lipinski definition) is 2. The number of hydrogen-bond donors (Lipinski definition) is 1. The molecule has 0 amide bonds. The summed E-state index contributed by atoms with van der Waals surface area (Å²) in [4.78, 5) is 0. The molecule has 1 N–H and O–H groups in total. The highest BCUT2D eigenvalue weighted by Crippen LogP contribution is 2.20. The first kappa shape index (κ1) is 9.60. The third-order valence-electron chi connectivity index (χ3n) is 2.90. The van der Waals surface area contributed by atoms with E-state index in [1.54, 1.807) is 0 Å². The third-order valence-corrected chi connectivity index (χ3v) is 2.90. The van der Waals surface area contributed by atoms with Gasteiger partial charge in [0, 0.05) is 25.0 Å². The molecular weight excluding hydrogens is 198 g/mol. The summed E-state index contributed by atoms with van der Waals surface area (Å²) < 4.78 is 1.92. The minimum Gasteiger partial charge on any atom is -0.310 e. The molecule has 0 unspecified atom stereocenters. The molecule has 0 aliphatic heterocycles. The van der Waals surface area contributed by atoms with Crippen molar-refractivity contribution in [1.82, 2.24) is 15.1 Å². The van der Waals surface area contributed by atoms with Gasteiger partial charge in [-0.25, -0.2) is 4.68 Å². The van der Waals surface area contributed by atoms with Crippen LogP contribution in [-0.4, -0.2) is 15.8 Å². The van der Waals surface area contributed by atoms with Gasteiger partial charge >= 0.3 is 0 Å². The third kappa shape index (κ3) is 1.99. The molecular formula is C13H15N3. The summed E-state index contributed by atoms with van der Waals surface area (Å²) in [5, 5.41) is 7.81. The number of para-hydroxylation sites is 1. The Bertz CT molecular complexity index is 458. The fourth-order valence-corrected chi connectivity index (χ4v) is 1.84. The Labute approximate surface area is 95.1 Å². The van der Waals surface area contributed by atoms with Crippen molar-refractivity contribution in [1.29, 1.82) is 0 Å². The molecule has 82 valence electrons. The largest absolute Gasteiger partial charge is 0.310 e. The average molecular weight is 213 g/mol. The molecule has 0 radical (unpaired) electrons. The van der Waals surface area contributed by atoms with Crippen molar-refractivity contribution >= 4 is 0 Å². The molecule has 3 nitrogen and oxygen atoms in total. The molecule has 1 aliphatic rings. The molecule has 0 saturated heterocycles. The predicted molar refractivity (Wildman–Crippen MR) is 63.4 cm³/mol. The van der Waals surface area contributed by atoms with Crippen LogP contribution in [0.5, 0.6) is 0 Å². The Kier molecular flexibility index (Phi) is 2.46. The molecule has 1 saturated carbocycles. The van der Waals surface area contributed by atoms with Crippen LogP contribution < -0.4 is 5.32 Å². The fourth-order valence-electron chi connectivity index (χ4n) is 1.84. The van der Waals surface area contributed by atoms with Crippen LogP contribution >= 0.6 is 0 Å². The maximum Gasteiger partial charge on any atom is 0.0690 e. The quantitative estimate of drug-likeness (QED) is 0.843. The molecule has 1 aliphatic carbocycles. The van der Waals surface area contributed by atoms with Gasteiger partial charge in [-0.05, 0) is 30.5 Å². The van der Waals surface area contributed by atoms with Gasteiger partial charge in [0.15, 0.2) is 0 Å². The molecule has 0 atom stereocenters. The van der Waals surface area contributed by atoms with Crippen LogP contribution in [-0.2, 0) is 6.54 Å². The van der Waals surface area contributed by atoms with E-state index in [1.165, 1.54) is 24.1 Å². The van der Waals surface area contributed by atoms with Gasteiger partial charge < -0.3 is 5.32 Å². The zero-order valence-electron chi connectivity index (χ0n) is 9.13. The standard InChI is InChI=1S/C13H15N3/c1-2-5-13(16-9-3-8-15-16)11(4-1)10-14-12-6-7-12/h1-5,8-9,12,14H,6-7,10H2. The van der Waals surface area contributed by atoms with Gasteiger partial charge in [0.05, 0.1) is 5.69 Å². The summed E-state index contributed by atoms with van der Waals surface area (Å²) in [5.41, 5.74) is 2.47. The first-order valence-corrected chi connectivity index (χ1v) is 5.75. The highest BCUT2D eigenvalue weighted by molar-refractivity contribution is 5.40. The SMILES string of the molecule is c1ccc(-n2cccn2)c(CNC2CC2)c1. The van der Waals surface area contributed by atoms with Crippen molar-refractivity contribution in [2.24, 2.45) is 0 Å². The second kappa shape index (κ2) is 4.10. The Morgan fingerprint density at radius 2 is 2.12 bits per heavy atom. The lowest BCUT2D eigenvalue weighted by molar-refractivity contribution is 0.681. The van der Waals surface area contributed by atoms with Gasteiger partial charge in [0.25, 0.3) is 0 Å². The van der Waals surface area contributed by atoms with Crippen LogP contribution in [0.3, 0.4) is 0 Å². The van der Waals surface area contributed by atoms with Crippen LogP contribution in [0, 0.1) is 0 Å². The lowest BCUT2D eigenvalue weighted by Crippen LogP contribution is -2.16. The Balaban J connectivity index is 1.85. The van der Waals surface area contributed by atoms with Gasteiger partial charge in [-0.1, -0.05) is 18.2 Å². The molecule has 1 aromatic carbocycles. The Hall–Kier alpha value is -1.61. The van der Waals surface area contributed by atoms with Gasteiger partial charge in [-0.3, -0.25) is 0 Å². The number of nitrogens with zero attached hydrogens (tertiary/aromatic N) is 2. The smallest absolute Gasteiger partial charge is 0.0690 e. The first-order chi connectivity index (χ1) is 7.93. The molecule has 3 heteroatoms. The van der Waals surface area contributed by atoms with Crippen molar-refractivity contribution in [3.63, 3.8) is 0 Å². The van der Waals surface area contributed by atoms with Gasteiger partial charge in [0.2, 0.25) is 0 Å². The topological polar surface area (TPSA) is 29.9 Å². The van der Waals surface area contributed by atoms with Gasteiger partial charge in [-0.15, -0.1) is 0 Å². The summed E-state index contributed by atoms with van der Waals surface area (Å²) >= 11 is 0. The van der Waals surface area contributed by atoms with E-state index in [2.05, 4.69) is 34.7 Å².